The number of carboxylic acid groups (broad SMARTS) is 1. The van der Waals surface area contributed by atoms with Crippen LogP contribution >= 0.6 is 0 Å². The number of nitrogens with zero attached hydrogens (tertiary/aromatic N) is 1. The number of rotatable bonds is 5. The fourth-order valence-corrected chi connectivity index (χ4v) is 2.81. The van der Waals surface area contributed by atoms with Crippen LogP contribution < -0.4 is 14.6 Å². The molecule has 0 N–H and O–H groups in total. The van der Waals surface area contributed by atoms with Gasteiger partial charge in [-0.1, -0.05) is 18.2 Å². The average Bonchev–Trinajstić information content (AvgIpc) is 2.62. The molecular weight excluding hydrogens is 318 g/mol. The Bertz CT molecular complexity index is 950. The lowest BCUT2D eigenvalue weighted by Gasteiger charge is -2.14. The van der Waals surface area contributed by atoms with Gasteiger partial charge in [0.15, 0.2) is 11.5 Å². The number of pyridine rings is 1. The van der Waals surface area contributed by atoms with E-state index in [1.165, 1.54) is 6.07 Å². The minimum atomic E-state index is -1.22. The number of hydrogen-bond acceptors (Lipinski definition) is 5. The van der Waals surface area contributed by atoms with Crippen LogP contribution in [0.1, 0.15) is 22.8 Å². The van der Waals surface area contributed by atoms with E-state index in [1.807, 2.05) is 32.0 Å². The molecular formula is C20H18NO4-. The van der Waals surface area contributed by atoms with E-state index in [0.29, 0.717) is 34.7 Å². The molecule has 0 fully saturated rings. The molecule has 2 aromatic carbocycles. The Hall–Kier alpha value is -3.08. The van der Waals surface area contributed by atoms with E-state index in [4.69, 9.17) is 9.47 Å². The third kappa shape index (κ3) is 3.13. The highest BCUT2D eigenvalue weighted by Crippen LogP contribution is 2.33. The quantitative estimate of drug-likeness (QED) is 0.716. The van der Waals surface area contributed by atoms with Gasteiger partial charge in [-0.15, -0.1) is 0 Å². The first-order valence-electron chi connectivity index (χ1n) is 7.98. The topological polar surface area (TPSA) is 71.5 Å². The first-order chi connectivity index (χ1) is 12.0. The van der Waals surface area contributed by atoms with E-state index < -0.39 is 5.97 Å². The van der Waals surface area contributed by atoms with Crippen LogP contribution in [0.2, 0.25) is 0 Å². The van der Waals surface area contributed by atoms with Crippen molar-refractivity contribution in [2.24, 2.45) is 0 Å². The minimum absolute atomic E-state index is 0.122. The molecule has 0 unspecified atom stereocenters. The smallest absolute Gasteiger partial charge is 0.161 e. The molecule has 128 valence electrons. The summed E-state index contributed by atoms with van der Waals surface area (Å²) in [5.41, 5.74) is 2.96. The SMILES string of the molecule is CCOc1ccc(-c2cc(C(=O)[O-])c3cccc(C)c3n2)cc1OC. The molecule has 5 heteroatoms. The number of aryl methyl sites for hydroxylation is 1. The Labute approximate surface area is 145 Å². The number of ether oxygens (including phenoxy) is 2. The van der Waals surface area contributed by atoms with Crippen molar-refractivity contribution in [3.05, 3.63) is 53.6 Å². The van der Waals surface area contributed by atoms with Crippen LogP contribution in [0.5, 0.6) is 11.5 Å². The lowest BCUT2D eigenvalue weighted by atomic mass is 10.0. The van der Waals surface area contributed by atoms with E-state index in [0.717, 1.165) is 11.1 Å². The summed E-state index contributed by atoms with van der Waals surface area (Å²) in [4.78, 5) is 16.2. The second-order valence-corrected chi connectivity index (χ2v) is 5.61. The molecule has 3 aromatic rings. The summed E-state index contributed by atoms with van der Waals surface area (Å²) in [6.07, 6.45) is 0. The summed E-state index contributed by atoms with van der Waals surface area (Å²) in [6, 6.07) is 12.4. The van der Waals surface area contributed by atoms with Gasteiger partial charge in [0.25, 0.3) is 0 Å². The number of para-hydroxylation sites is 1. The number of fused-ring (bicyclic) bond motifs is 1. The van der Waals surface area contributed by atoms with Gasteiger partial charge < -0.3 is 19.4 Å². The maximum Gasteiger partial charge on any atom is 0.161 e. The predicted molar refractivity (Wildman–Crippen MR) is 94.0 cm³/mol. The number of carboxylic acids is 1. The maximum absolute atomic E-state index is 11.6. The number of benzene rings is 2. The van der Waals surface area contributed by atoms with Crippen molar-refractivity contribution in [2.45, 2.75) is 13.8 Å². The van der Waals surface area contributed by atoms with Gasteiger partial charge in [-0.2, -0.15) is 0 Å². The van der Waals surface area contributed by atoms with Crippen molar-refractivity contribution in [1.29, 1.82) is 0 Å². The van der Waals surface area contributed by atoms with Crippen molar-refractivity contribution in [1.82, 2.24) is 4.98 Å². The summed E-state index contributed by atoms with van der Waals surface area (Å²) in [6.45, 7) is 4.32. The summed E-state index contributed by atoms with van der Waals surface area (Å²) in [5, 5.41) is 12.2. The third-order valence-electron chi connectivity index (χ3n) is 4.02. The van der Waals surface area contributed by atoms with Crippen LogP contribution in [-0.2, 0) is 0 Å². The molecule has 0 aliphatic carbocycles. The summed E-state index contributed by atoms with van der Waals surface area (Å²) in [7, 11) is 1.56. The number of methoxy groups -OCH3 is 1. The number of aromatic nitrogens is 1. The fourth-order valence-electron chi connectivity index (χ4n) is 2.81. The molecule has 5 nitrogen and oxygen atoms in total. The Morgan fingerprint density at radius 2 is 1.96 bits per heavy atom. The molecule has 0 saturated carbocycles. The normalized spacial score (nSPS) is 10.7. The highest BCUT2D eigenvalue weighted by Gasteiger charge is 2.12. The molecule has 3 rings (SSSR count). The highest BCUT2D eigenvalue weighted by molar-refractivity contribution is 6.03. The molecule has 0 spiro atoms. The zero-order valence-corrected chi connectivity index (χ0v) is 14.3. The second-order valence-electron chi connectivity index (χ2n) is 5.61. The van der Waals surface area contributed by atoms with Gasteiger partial charge in [-0.3, -0.25) is 0 Å². The van der Waals surface area contributed by atoms with E-state index in [1.54, 1.807) is 25.3 Å². The summed E-state index contributed by atoms with van der Waals surface area (Å²) < 4.78 is 10.9. The molecule has 0 aliphatic heterocycles. The standard InChI is InChI=1S/C20H19NO4/c1-4-25-17-9-8-13(10-18(17)24-3)16-11-15(20(22)23)14-7-5-6-12(2)19(14)21-16/h5-11H,4H2,1-3H3,(H,22,23)/p-1. The first kappa shape index (κ1) is 16.8. The van der Waals surface area contributed by atoms with Crippen LogP contribution in [0.25, 0.3) is 22.2 Å². The number of carbonyl (C=O) groups excluding carboxylic acids is 1. The van der Waals surface area contributed by atoms with Crippen LogP contribution in [0.3, 0.4) is 0 Å². The summed E-state index contributed by atoms with van der Waals surface area (Å²) >= 11 is 0. The second kappa shape index (κ2) is 6.81. The predicted octanol–water partition coefficient (Wildman–Crippen LogP) is 2.98. The van der Waals surface area contributed by atoms with Gasteiger partial charge in [-0.25, -0.2) is 4.98 Å². The van der Waals surface area contributed by atoms with Crippen molar-refractivity contribution in [3.63, 3.8) is 0 Å². The molecule has 0 bridgehead atoms. The van der Waals surface area contributed by atoms with Gasteiger partial charge in [-0.05, 0) is 43.7 Å². The van der Waals surface area contributed by atoms with E-state index in [9.17, 15) is 9.90 Å². The van der Waals surface area contributed by atoms with Crippen LogP contribution in [-0.4, -0.2) is 24.7 Å². The van der Waals surface area contributed by atoms with Crippen molar-refractivity contribution in [3.8, 4) is 22.8 Å². The monoisotopic (exact) mass is 336 g/mol. The molecule has 1 heterocycles. The van der Waals surface area contributed by atoms with Crippen LogP contribution in [0, 0.1) is 6.92 Å². The first-order valence-corrected chi connectivity index (χ1v) is 7.98. The van der Waals surface area contributed by atoms with E-state index in [2.05, 4.69) is 4.98 Å². The zero-order chi connectivity index (χ0) is 18.0. The Balaban J connectivity index is 2.22. The molecule has 1 aromatic heterocycles. The molecule has 0 saturated heterocycles. The lowest BCUT2D eigenvalue weighted by molar-refractivity contribution is -0.254. The van der Waals surface area contributed by atoms with Gasteiger partial charge in [0, 0.05) is 16.5 Å². The van der Waals surface area contributed by atoms with Crippen molar-refractivity contribution in [2.75, 3.05) is 13.7 Å². The lowest BCUT2D eigenvalue weighted by Crippen LogP contribution is -2.22. The average molecular weight is 336 g/mol. The Kier molecular flexibility index (Phi) is 4.57. The number of carbonyl (C=O) groups is 1. The van der Waals surface area contributed by atoms with Gasteiger partial charge in [0.1, 0.15) is 0 Å². The minimum Gasteiger partial charge on any atom is -0.545 e. The largest absolute Gasteiger partial charge is 0.545 e. The maximum atomic E-state index is 11.6. The number of aromatic carboxylic acids is 1. The third-order valence-corrected chi connectivity index (χ3v) is 4.02. The van der Waals surface area contributed by atoms with E-state index in [-0.39, 0.29) is 5.56 Å². The van der Waals surface area contributed by atoms with Crippen LogP contribution in [0.4, 0.5) is 0 Å². The summed E-state index contributed by atoms with van der Waals surface area (Å²) in [5.74, 6) is -0.0240. The number of hydrogen-bond donors (Lipinski definition) is 0. The van der Waals surface area contributed by atoms with Gasteiger partial charge in [0.05, 0.1) is 30.9 Å². The van der Waals surface area contributed by atoms with Gasteiger partial charge in [0.2, 0.25) is 0 Å². The molecule has 0 atom stereocenters. The molecule has 0 aliphatic rings. The van der Waals surface area contributed by atoms with Crippen molar-refractivity contribution < 1.29 is 19.4 Å². The van der Waals surface area contributed by atoms with E-state index >= 15 is 0 Å². The highest BCUT2D eigenvalue weighted by atomic mass is 16.5. The molecule has 25 heavy (non-hydrogen) atoms. The molecule has 0 amide bonds. The van der Waals surface area contributed by atoms with Crippen molar-refractivity contribution >= 4 is 16.9 Å². The molecule has 0 radical (unpaired) electrons. The Morgan fingerprint density at radius 1 is 1.16 bits per heavy atom. The zero-order valence-electron chi connectivity index (χ0n) is 14.3. The van der Waals surface area contributed by atoms with Crippen LogP contribution in [0.15, 0.2) is 42.5 Å². The van der Waals surface area contributed by atoms with Gasteiger partial charge >= 0.3 is 0 Å². The Morgan fingerprint density at radius 3 is 2.64 bits per heavy atom. The fraction of sp³-hybridized carbons (Fsp3) is 0.200.